The van der Waals surface area contributed by atoms with Crippen LogP contribution in [-0.4, -0.2) is 15.9 Å². The molecule has 3 aromatic rings. The van der Waals surface area contributed by atoms with Crippen LogP contribution >= 0.6 is 0 Å². The highest BCUT2D eigenvalue weighted by Crippen LogP contribution is 2.11. The van der Waals surface area contributed by atoms with Crippen molar-refractivity contribution in [3.8, 4) is 0 Å². The number of nitrogens with zero attached hydrogens (tertiary/aromatic N) is 2. The number of benzene rings is 2. The summed E-state index contributed by atoms with van der Waals surface area (Å²) in [6.07, 6.45) is 1.40. The first-order valence-electron chi connectivity index (χ1n) is 8.15. The number of carbonyl (C=O) groups is 1. The van der Waals surface area contributed by atoms with E-state index in [9.17, 15) is 4.79 Å². The summed E-state index contributed by atoms with van der Waals surface area (Å²) in [5.41, 5.74) is 3.79. The summed E-state index contributed by atoms with van der Waals surface area (Å²) < 4.78 is 0. The maximum Gasteiger partial charge on any atom is 0.270 e. The van der Waals surface area contributed by atoms with Crippen LogP contribution in [0.25, 0.3) is 0 Å². The molecule has 1 heterocycles. The van der Waals surface area contributed by atoms with E-state index in [1.165, 1.54) is 17.5 Å². The Bertz CT molecular complexity index is 849. The van der Waals surface area contributed by atoms with E-state index in [1.807, 2.05) is 42.5 Å². The molecular formula is C20H20N4O. The van der Waals surface area contributed by atoms with Crippen molar-refractivity contribution in [2.45, 2.75) is 20.0 Å². The molecule has 0 fully saturated rings. The second-order valence-corrected chi connectivity index (χ2v) is 5.74. The van der Waals surface area contributed by atoms with Crippen molar-refractivity contribution < 1.29 is 4.79 Å². The number of nitrogens with one attached hydrogen (secondary N) is 2. The van der Waals surface area contributed by atoms with Crippen molar-refractivity contribution in [1.29, 1.82) is 0 Å². The number of aryl methyl sites for hydroxylation is 1. The Kier molecular flexibility index (Phi) is 5.36. The Morgan fingerprint density at radius 2 is 1.72 bits per heavy atom. The third kappa shape index (κ3) is 4.64. The highest BCUT2D eigenvalue weighted by atomic mass is 16.1. The van der Waals surface area contributed by atoms with Gasteiger partial charge in [0.25, 0.3) is 5.91 Å². The largest absolute Gasteiger partial charge is 0.366 e. The van der Waals surface area contributed by atoms with Crippen molar-refractivity contribution >= 4 is 11.7 Å². The van der Waals surface area contributed by atoms with Crippen molar-refractivity contribution in [3.05, 3.63) is 89.4 Å². The van der Waals surface area contributed by atoms with Crippen LogP contribution < -0.4 is 10.6 Å². The average Bonchev–Trinajstić information content (AvgIpc) is 2.66. The Balaban J connectivity index is 1.61. The number of hydrogen-bond acceptors (Lipinski definition) is 4. The minimum absolute atomic E-state index is 0.217. The summed E-state index contributed by atoms with van der Waals surface area (Å²) in [5.74, 6) is 0.410. The zero-order valence-electron chi connectivity index (χ0n) is 14.1. The third-order valence-corrected chi connectivity index (χ3v) is 3.92. The highest BCUT2D eigenvalue weighted by molar-refractivity contribution is 5.92. The molecule has 1 amide bonds. The van der Waals surface area contributed by atoms with Gasteiger partial charge in [0.2, 0.25) is 0 Å². The lowest BCUT2D eigenvalue weighted by Crippen LogP contribution is -2.24. The smallest absolute Gasteiger partial charge is 0.270 e. The zero-order valence-corrected chi connectivity index (χ0v) is 14.1. The molecular weight excluding hydrogens is 312 g/mol. The van der Waals surface area contributed by atoms with Crippen molar-refractivity contribution in [2.24, 2.45) is 0 Å². The first-order chi connectivity index (χ1) is 12.2. The topological polar surface area (TPSA) is 66.9 Å². The lowest BCUT2D eigenvalue weighted by Gasteiger charge is -2.09. The molecule has 0 unspecified atom stereocenters. The molecule has 0 aliphatic heterocycles. The Morgan fingerprint density at radius 1 is 0.960 bits per heavy atom. The molecule has 5 nitrogen and oxygen atoms in total. The molecule has 0 aliphatic rings. The number of carbonyl (C=O) groups excluding carboxylic acids is 1. The quantitative estimate of drug-likeness (QED) is 0.726. The maximum atomic E-state index is 12.3. The molecule has 0 saturated carbocycles. The van der Waals surface area contributed by atoms with Gasteiger partial charge in [-0.15, -0.1) is 0 Å². The molecule has 25 heavy (non-hydrogen) atoms. The molecule has 5 heteroatoms. The lowest BCUT2D eigenvalue weighted by molar-refractivity contribution is 0.0946. The van der Waals surface area contributed by atoms with Crippen LogP contribution in [0.3, 0.4) is 0 Å². The summed E-state index contributed by atoms with van der Waals surface area (Å²) in [5, 5.41) is 6.11. The van der Waals surface area contributed by atoms with Crippen molar-refractivity contribution in [3.63, 3.8) is 0 Å². The third-order valence-electron chi connectivity index (χ3n) is 3.92. The van der Waals surface area contributed by atoms with Gasteiger partial charge in [-0.2, -0.15) is 0 Å². The summed E-state index contributed by atoms with van der Waals surface area (Å²) in [6, 6.07) is 19.6. The van der Waals surface area contributed by atoms with Gasteiger partial charge in [0.15, 0.2) is 0 Å². The minimum Gasteiger partial charge on any atom is -0.366 e. The van der Waals surface area contributed by atoms with Crippen LogP contribution in [0.15, 0.2) is 67.0 Å². The molecule has 0 spiro atoms. The molecule has 2 N–H and O–H groups in total. The van der Waals surface area contributed by atoms with Gasteiger partial charge in [0.1, 0.15) is 17.8 Å². The normalized spacial score (nSPS) is 10.3. The van der Waals surface area contributed by atoms with Gasteiger partial charge < -0.3 is 10.6 Å². The second kappa shape index (κ2) is 8.06. The first-order valence-corrected chi connectivity index (χ1v) is 8.15. The van der Waals surface area contributed by atoms with Crippen LogP contribution in [0, 0.1) is 6.92 Å². The van der Waals surface area contributed by atoms with Gasteiger partial charge in [0.05, 0.1) is 0 Å². The monoisotopic (exact) mass is 332 g/mol. The van der Waals surface area contributed by atoms with E-state index in [1.54, 1.807) is 6.07 Å². The molecule has 0 atom stereocenters. The van der Waals surface area contributed by atoms with Crippen LogP contribution in [0.4, 0.5) is 5.82 Å². The summed E-state index contributed by atoms with van der Waals surface area (Å²) >= 11 is 0. The van der Waals surface area contributed by atoms with Crippen LogP contribution in [0.5, 0.6) is 0 Å². The molecule has 0 saturated heterocycles. The molecule has 1 aromatic heterocycles. The van der Waals surface area contributed by atoms with Gasteiger partial charge in [-0.25, -0.2) is 9.97 Å². The SMILES string of the molecule is Cc1ccccc1CNc1cc(C(=O)NCc2ccccc2)ncn1. The Hall–Kier alpha value is -3.21. The maximum absolute atomic E-state index is 12.3. The summed E-state index contributed by atoms with van der Waals surface area (Å²) in [7, 11) is 0. The van der Waals surface area contributed by atoms with E-state index in [4.69, 9.17) is 0 Å². The lowest BCUT2D eigenvalue weighted by atomic mass is 10.1. The summed E-state index contributed by atoms with van der Waals surface area (Å²) in [4.78, 5) is 20.5. The average molecular weight is 332 g/mol. The molecule has 0 bridgehead atoms. The Morgan fingerprint density at radius 3 is 2.52 bits per heavy atom. The zero-order chi connectivity index (χ0) is 17.5. The van der Waals surface area contributed by atoms with E-state index < -0.39 is 0 Å². The molecule has 0 aliphatic carbocycles. The van der Waals surface area contributed by atoms with Crippen molar-refractivity contribution in [2.75, 3.05) is 5.32 Å². The number of aromatic nitrogens is 2. The number of anilines is 1. The fraction of sp³-hybridized carbons (Fsp3) is 0.150. The van der Waals surface area contributed by atoms with Gasteiger partial charge in [-0.05, 0) is 23.6 Å². The standard InChI is InChI=1S/C20H20N4O/c1-15-7-5-6-10-17(15)13-21-19-11-18(23-14-24-19)20(25)22-12-16-8-3-2-4-9-16/h2-11,14H,12-13H2,1H3,(H,22,25)(H,21,23,24). The van der Waals surface area contributed by atoms with Gasteiger partial charge in [0, 0.05) is 19.2 Å². The number of rotatable bonds is 6. The molecule has 2 aromatic carbocycles. The molecule has 0 radical (unpaired) electrons. The second-order valence-electron chi connectivity index (χ2n) is 5.74. The summed E-state index contributed by atoms with van der Waals surface area (Å²) in [6.45, 7) is 3.18. The molecule has 3 rings (SSSR count). The van der Waals surface area contributed by atoms with E-state index in [2.05, 4.69) is 39.7 Å². The predicted octanol–water partition coefficient (Wildman–Crippen LogP) is 3.33. The van der Waals surface area contributed by atoms with Crippen LogP contribution in [-0.2, 0) is 13.1 Å². The first kappa shape index (κ1) is 16.6. The minimum atomic E-state index is -0.217. The number of hydrogen-bond donors (Lipinski definition) is 2. The van der Waals surface area contributed by atoms with E-state index in [0.717, 1.165) is 5.56 Å². The van der Waals surface area contributed by atoms with Gasteiger partial charge >= 0.3 is 0 Å². The van der Waals surface area contributed by atoms with Crippen LogP contribution in [0.1, 0.15) is 27.2 Å². The Labute approximate surface area is 147 Å². The fourth-order valence-electron chi connectivity index (χ4n) is 2.44. The van der Waals surface area contributed by atoms with E-state index in [-0.39, 0.29) is 5.91 Å². The van der Waals surface area contributed by atoms with E-state index >= 15 is 0 Å². The number of amides is 1. The predicted molar refractivity (Wildman–Crippen MR) is 98.1 cm³/mol. The van der Waals surface area contributed by atoms with Crippen LogP contribution in [0.2, 0.25) is 0 Å². The van der Waals surface area contributed by atoms with Gasteiger partial charge in [-0.1, -0.05) is 54.6 Å². The highest BCUT2D eigenvalue weighted by Gasteiger charge is 2.08. The van der Waals surface area contributed by atoms with E-state index in [0.29, 0.717) is 24.6 Å². The fourth-order valence-corrected chi connectivity index (χ4v) is 2.44. The van der Waals surface area contributed by atoms with Crippen molar-refractivity contribution in [1.82, 2.24) is 15.3 Å². The van der Waals surface area contributed by atoms with Gasteiger partial charge in [-0.3, -0.25) is 4.79 Å². The molecule has 126 valence electrons.